The van der Waals surface area contributed by atoms with Crippen LogP contribution in [0.4, 0.5) is 5.13 Å². The molecule has 7 heteroatoms. The van der Waals surface area contributed by atoms with E-state index in [0.29, 0.717) is 24.9 Å². The van der Waals surface area contributed by atoms with E-state index in [0.717, 1.165) is 22.3 Å². The van der Waals surface area contributed by atoms with Crippen molar-refractivity contribution in [3.05, 3.63) is 35.3 Å². The van der Waals surface area contributed by atoms with Gasteiger partial charge in [0.1, 0.15) is 19.5 Å². The molecule has 0 fully saturated rings. The lowest BCUT2D eigenvalue weighted by molar-refractivity contribution is -0.856. The molecule has 3 rings (SSSR count). The highest BCUT2D eigenvalue weighted by molar-refractivity contribution is 7.22. The molecule has 1 amide bonds. The number of nitrogens with zero attached hydrogens (tertiary/aromatic N) is 2. The topological polar surface area (TPSA) is 56.1 Å². The number of quaternary nitrogens is 1. The van der Waals surface area contributed by atoms with Crippen molar-refractivity contribution in [1.29, 1.82) is 0 Å². The number of aromatic nitrogens is 1. The predicted octanol–water partition coefficient (Wildman–Crippen LogP) is 1.28. The average Bonchev–Trinajstić information content (AvgIpc) is 3.03. The number of amides is 1. The van der Waals surface area contributed by atoms with Crippen molar-refractivity contribution >= 4 is 32.6 Å². The molecule has 25 heavy (non-hydrogen) atoms. The molecule has 0 aliphatic carbocycles. The van der Waals surface area contributed by atoms with Gasteiger partial charge in [-0.1, -0.05) is 17.4 Å². The van der Waals surface area contributed by atoms with Gasteiger partial charge in [-0.05, 0) is 31.0 Å². The molecule has 134 valence electrons. The highest BCUT2D eigenvalue weighted by Gasteiger charge is 2.27. The summed E-state index contributed by atoms with van der Waals surface area (Å²) >= 11 is 1.53. The monoisotopic (exact) mass is 362 g/mol. The Morgan fingerprint density at radius 1 is 1.32 bits per heavy atom. The summed E-state index contributed by atoms with van der Waals surface area (Å²) in [5.74, 6) is 0.0431. The fourth-order valence-electron chi connectivity index (χ4n) is 2.56. The first kappa shape index (κ1) is 17.7. The lowest BCUT2D eigenvalue weighted by Gasteiger charge is -2.23. The van der Waals surface area contributed by atoms with Gasteiger partial charge < -0.3 is 14.4 Å². The minimum atomic E-state index is -0.200. The van der Waals surface area contributed by atoms with Gasteiger partial charge in [0.25, 0.3) is 5.91 Å². The minimum Gasteiger partial charge on any atom is -0.494 e. The molecule has 1 aromatic heterocycles. The van der Waals surface area contributed by atoms with E-state index < -0.39 is 0 Å². The Labute approximate surface area is 151 Å². The van der Waals surface area contributed by atoms with E-state index in [-0.39, 0.29) is 11.7 Å². The summed E-state index contributed by atoms with van der Waals surface area (Å²) in [4.78, 5) is 20.7. The molecule has 0 saturated heterocycles. The molecule has 1 aliphatic heterocycles. The summed E-state index contributed by atoms with van der Waals surface area (Å²) in [5, 5.41) is 0.699. The zero-order valence-electron chi connectivity index (χ0n) is 15.1. The summed E-state index contributed by atoms with van der Waals surface area (Å²) in [6.07, 6.45) is 1.41. The highest BCUT2D eigenvalue weighted by atomic mass is 32.1. The number of hydrogen-bond donors (Lipinski definition) is 1. The second-order valence-electron chi connectivity index (χ2n) is 6.47. The number of aryl methyl sites for hydroxylation is 2. The summed E-state index contributed by atoms with van der Waals surface area (Å²) in [6, 6.07) is 4.16. The van der Waals surface area contributed by atoms with Gasteiger partial charge in [-0.25, -0.2) is 4.98 Å². The van der Waals surface area contributed by atoms with Gasteiger partial charge in [-0.3, -0.25) is 9.69 Å². The van der Waals surface area contributed by atoms with Crippen LogP contribution < -0.4 is 9.80 Å². The van der Waals surface area contributed by atoms with Gasteiger partial charge in [0, 0.05) is 0 Å². The zero-order chi connectivity index (χ0) is 18.0. The van der Waals surface area contributed by atoms with E-state index in [1.807, 2.05) is 0 Å². The molecule has 0 spiro atoms. The van der Waals surface area contributed by atoms with Crippen LogP contribution in [-0.2, 0) is 14.3 Å². The van der Waals surface area contributed by atoms with E-state index in [1.165, 1.54) is 28.1 Å². The third-order valence-electron chi connectivity index (χ3n) is 4.24. The second kappa shape index (κ2) is 7.41. The summed E-state index contributed by atoms with van der Waals surface area (Å²) in [7, 11) is 4.13. The van der Waals surface area contributed by atoms with Crippen LogP contribution in [0.1, 0.15) is 11.1 Å². The van der Waals surface area contributed by atoms with Crippen molar-refractivity contribution < 1.29 is 19.2 Å². The van der Waals surface area contributed by atoms with Crippen LogP contribution in [0.15, 0.2) is 24.2 Å². The third-order valence-corrected chi connectivity index (χ3v) is 5.29. The molecular formula is C18H24N3O3S+. The molecule has 0 saturated carbocycles. The van der Waals surface area contributed by atoms with E-state index in [2.05, 4.69) is 40.1 Å². The second-order valence-corrected chi connectivity index (χ2v) is 7.47. The number of ether oxygens (including phenoxy) is 2. The number of rotatable bonds is 5. The number of carbonyl (C=O) groups is 1. The van der Waals surface area contributed by atoms with E-state index in [4.69, 9.17) is 14.5 Å². The Morgan fingerprint density at radius 3 is 2.80 bits per heavy atom. The number of benzene rings is 1. The van der Waals surface area contributed by atoms with Crippen LogP contribution in [0.25, 0.3) is 10.2 Å². The van der Waals surface area contributed by atoms with Gasteiger partial charge >= 0.3 is 0 Å². The predicted molar refractivity (Wildman–Crippen MR) is 99.1 cm³/mol. The Balaban J connectivity index is 1.97. The number of carbonyl (C=O) groups excluding carboxylic acids is 1. The van der Waals surface area contributed by atoms with Gasteiger partial charge in [-0.2, -0.15) is 0 Å². The van der Waals surface area contributed by atoms with Gasteiger partial charge in [0.15, 0.2) is 5.13 Å². The van der Waals surface area contributed by atoms with E-state index in [9.17, 15) is 4.79 Å². The Hall–Kier alpha value is -2.12. The molecule has 6 nitrogen and oxygen atoms in total. The van der Waals surface area contributed by atoms with Crippen LogP contribution in [0.2, 0.25) is 0 Å². The SMILES string of the molecule is Cc1ccc2sc(N(CC[NH+](C)C)C(=O)C3=COCCO3)nc2c1C. The van der Waals surface area contributed by atoms with E-state index in [1.54, 1.807) is 4.90 Å². The van der Waals surface area contributed by atoms with Crippen LogP contribution >= 0.6 is 11.3 Å². The molecule has 0 bridgehead atoms. The first-order chi connectivity index (χ1) is 12.0. The standard InChI is InChI=1S/C18H23N3O3S/c1-12-5-6-15-16(13(12)2)19-18(25-15)21(8-7-20(3)4)17(22)14-11-23-9-10-24-14/h5-6,11H,7-10H2,1-4H3/p+1. The molecule has 0 radical (unpaired) electrons. The molecule has 0 atom stereocenters. The van der Waals surface area contributed by atoms with Crippen molar-refractivity contribution in [3.8, 4) is 0 Å². The fraction of sp³-hybridized carbons (Fsp3) is 0.444. The molecule has 1 N–H and O–H groups in total. The van der Waals surface area contributed by atoms with Crippen molar-refractivity contribution in [2.45, 2.75) is 13.8 Å². The fourth-order valence-corrected chi connectivity index (χ4v) is 3.61. The number of likely N-dealkylation sites (N-methyl/N-ethyl adjacent to an activating group) is 1. The number of hydrogen-bond acceptors (Lipinski definition) is 5. The molecule has 1 aliphatic rings. The Bertz CT molecular complexity index is 813. The summed E-state index contributed by atoms with van der Waals surface area (Å²) < 4.78 is 11.8. The largest absolute Gasteiger partial charge is 0.494 e. The number of thiazole rings is 1. The van der Waals surface area contributed by atoms with Gasteiger partial charge in [0.2, 0.25) is 5.76 Å². The first-order valence-corrected chi connectivity index (χ1v) is 9.21. The maximum atomic E-state index is 12.9. The van der Waals surface area contributed by atoms with Crippen molar-refractivity contribution in [3.63, 3.8) is 0 Å². The average molecular weight is 362 g/mol. The molecule has 2 heterocycles. The minimum absolute atomic E-state index is 0.200. The molecule has 1 aromatic carbocycles. The molecule has 2 aromatic rings. The van der Waals surface area contributed by atoms with Crippen LogP contribution in [0, 0.1) is 13.8 Å². The van der Waals surface area contributed by atoms with Crippen molar-refractivity contribution in [2.75, 3.05) is 45.3 Å². The van der Waals surface area contributed by atoms with Crippen molar-refractivity contribution in [2.24, 2.45) is 0 Å². The van der Waals surface area contributed by atoms with Crippen LogP contribution in [0.5, 0.6) is 0 Å². The third kappa shape index (κ3) is 3.77. The lowest BCUT2D eigenvalue weighted by atomic mass is 10.1. The molecular weight excluding hydrogens is 338 g/mol. The number of nitrogens with one attached hydrogen (secondary N) is 1. The van der Waals surface area contributed by atoms with Crippen molar-refractivity contribution in [1.82, 2.24) is 4.98 Å². The van der Waals surface area contributed by atoms with Gasteiger partial charge in [0.05, 0.1) is 37.4 Å². The Morgan fingerprint density at radius 2 is 2.12 bits per heavy atom. The molecule has 0 unspecified atom stereocenters. The van der Waals surface area contributed by atoms with Gasteiger partial charge in [-0.15, -0.1) is 0 Å². The maximum Gasteiger partial charge on any atom is 0.298 e. The normalized spacial score (nSPS) is 14.2. The lowest BCUT2D eigenvalue weighted by Crippen LogP contribution is -3.06. The Kier molecular flexibility index (Phi) is 5.24. The van der Waals surface area contributed by atoms with E-state index >= 15 is 0 Å². The zero-order valence-corrected chi connectivity index (χ0v) is 15.9. The summed E-state index contributed by atoms with van der Waals surface area (Å²) in [5.41, 5.74) is 3.32. The first-order valence-electron chi connectivity index (χ1n) is 8.39. The van der Waals surface area contributed by atoms with Crippen LogP contribution in [-0.4, -0.2) is 51.3 Å². The maximum absolute atomic E-state index is 12.9. The quantitative estimate of drug-likeness (QED) is 0.871. The number of fused-ring (bicyclic) bond motifs is 1. The number of anilines is 1. The summed E-state index contributed by atoms with van der Waals surface area (Å²) in [6.45, 7) is 6.39. The highest BCUT2D eigenvalue weighted by Crippen LogP contribution is 2.32. The smallest absolute Gasteiger partial charge is 0.298 e. The van der Waals surface area contributed by atoms with Crippen LogP contribution in [0.3, 0.4) is 0 Å².